The fraction of sp³-hybridized carbons (Fsp3) is 0.344. The number of rotatable bonds is 9. The summed E-state index contributed by atoms with van der Waals surface area (Å²) in [6.45, 7) is 5.68. The van der Waals surface area contributed by atoms with E-state index in [1.54, 1.807) is 13.2 Å². The number of aryl methyl sites for hydroxylation is 1. The van der Waals surface area contributed by atoms with E-state index in [-0.39, 0.29) is 5.75 Å². The largest absolute Gasteiger partial charge is 0.497 e. The first-order chi connectivity index (χ1) is 19.7. The molecule has 4 aromatic rings. The number of halogens is 3. The minimum atomic E-state index is -4.49. The highest BCUT2D eigenvalue weighted by molar-refractivity contribution is 5.93. The van der Waals surface area contributed by atoms with Crippen molar-refractivity contribution in [1.29, 1.82) is 0 Å². The van der Waals surface area contributed by atoms with Crippen molar-refractivity contribution >= 4 is 22.3 Å². The molecule has 41 heavy (non-hydrogen) atoms. The number of nitrogens with one attached hydrogen (secondary N) is 1. The van der Waals surface area contributed by atoms with Crippen molar-refractivity contribution in [3.05, 3.63) is 89.6 Å². The molecule has 9 heteroatoms. The van der Waals surface area contributed by atoms with E-state index < -0.39 is 11.7 Å². The number of benzene rings is 3. The molecule has 0 unspecified atom stereocenters. The number of alkyl halides is 3. The van der Waals surface area contributed by atoms with Crippen LogP contribution in [-0.2, 0) is 12.7 Å². The Hall–Kier alpha value is -3.82. The summed E-state index contributed by atoms with van der Waals surface area (Å²) in [5.41, 5.74) is 3.09. The third-order valence-electron chi connectivity index (χ3n) is 8.02. The van der Waals surface area contributed by atoms with Crippen molar-refractivity contribution in [3.8, 4) is 11.5 Å². The Labute approximate surface area is 237 Å². The smallest absolute Gasteiger partial charge is 0.416 e. The van der Waals surface area contributed by atoms with Gasteiger partial charge in [-0.25, -0.2) is 0 Å². The van der Waals surface area contributed by atoms with E-state index in [9.17, 15) is 13.2 Å². The number of hydrogen-bond donors (Lipinski definition) is 1. The van der Waals surface area contributed by atoms with E-state index in [1.807, 2.05) is 49.4 Å². The molecule has 0 saturated carbocycles. The van der Waals surface area contributed by atoms with Crippen LogP contribution in [0.3, 0.4) is 0 Å². The number of para-hydroxylation sites is 1. The number of piperazine rings is 1. The molecule has 2 bridgehead atoms. The van der Waals surface area contributed by atoms with Crippen LogP contribution in [0.4, 0.5) is 24.5 Å². The molecule has 1 aromatic heterocycles. The maximum absolute atomic E-state index is 13.8. The summed E-state index contributed by atoms with van der Waals surface area (Å²) in [5, 5.41) is 4.02. The summed E-state index contributed by atoms with van der Waals surface area (Å²) in [4.78, 5) is 9.43. The van der Waals surface area contributed by atoms with E-state index in [2.05, 4.69) is 32.2 Å². The summed E-state index contributed by atoms with van der Waals surface area (Å²) in [5.74, 6) is 1.05. The molecule has 0 radical (unpaired) electrons. The Bertz CT molecular complexity index is 1530. The molecule has 2 aliphatic rings. The molecule has 6 nitrogen and oxygen atoms in total. The molecule has 2 fully saturated rings. The van der Waals surface area contributed by atoms with Crippen LogP contribution in [0.5, 0.6) is 11.5 Å². The highest BCUT2D eigenvalue weighted by Gasteiger charge is 2.42. The van der Waals surface area contributed by atoms with Crippen molar-refractivity contribution in [2.45, 2.75) is 38.1 Å². The molecule has 0 aliphatic carbocycles. The highest BCUT2D eigenvalue weighted by Crippen LogP contribution is 2.36. The van der Waals surface area contributed by atoms with Crippen LogP contribution in [-0.4, -0.2) is 60.2 Å². The average Bonchev–Trinajstić information content (AvgIpc) is 3.53. The van der Waals surface area contributed by atoms with Gasteiger partial charge in [0.15, 0.2) is 0 Å². The zero-order chi connectivity index (χ0) is 28.6. The van der Waals surface area contributed by atoms with Crippen molar-refractivity contribution in [3.63, 3.8) is 0 Å². The second kappa shape index (κ2) is 11.2. The zero-order valence-electron chi connectivity index (χ0n) is 23.1. The standard InChI is InChI=1S/C32H33F3N4O2/c1-21-13-31(29-5-3-4-6-30(29)36-21)37-24-14-23(32(33,34)35)15-28(16-24)41-12-11-38-19-26-17-25(38)20-39(26)18-22-7-9-27(40-2)10-8-22/h3-10,13-16,25-26H,11-12,17-20H2,1-2H3,(H,36,37)/t25-,26-/m0/s1. The zero-order valence-corrected chi connectivity index (χ0v) is 23.1. The van der Waals surface area contributed by atoms with Gasteiger partial charge in [0.25, 0.3) is 0 Å². The lowest BCUT2D eigenvalue weighted by atomic mass is 10.1. The van der Waals surface area contributed by atoms with Gasteiger partial charge < -0.3 is 14.8 Å². The second-order valence-electron chi connectivity index (χ2n) is 10.9. The third-order valence-corrected chi connectivity index (χ3v) is 8.02. The van der Waals surface area contributed by atoms with E-state index in [4.69, 9.17) is 9.47 Å². The van der Waals surface area contributed by atoms with Crippen LogP contribution in [0.1, 0.15) is 23.2 Å². The summed E-state index contributed by atoms with van der Waals surface area (Å²) in [6, 6.07) is 22.3. The van der Waals surface area contributed by atoms with Crippen molar-refractivity contribution in [2.75, 3.05) is 38.7 Å². The van der Waals surface area contributed by atoms with Crippen LogP contribution in [0.2, 0.25) is 0 Å². The van der Waals surface area contributed by atoms with Crippen molar-refractivity contribution < 1.29 is 22.6 Å². The number of likely N-dealkylation sites (tertiary alicyclic amines) is 2. The Morgan fingerprint density at radius 3 is 2.41 bits per heavy atom. The van der Waals surface area contributed by atoms with Gasteiger partial charge in [-0.3, -0.25) is 14.8 Å². The molecule has 2 atom stereocenters. The molecule has 2 aliphatic heterocycles. The Kier molecular flexibility index (Phi) is 7.48. The van der Waals surface area contributed by atoms with Crippen molar-refractivity contribution in [1.82, 2.24) is 14.8 Å². The first-order valence-corrected chi connectivity index (χ1v) is 13.8. The Balaban J connectivity index is 1.09. The average molecular weight is 563 g/mol. The van der Waals surface area contributed by atoms with E-state index in [0.717, 1.165) is 60.5 Å². The summed E-state index contributed by atoms with van der Waals surface area (Å²) in [6.07, 6.45) is -3.39. The number of hydrogen-bond acceptors (Lipinski definition) is 6. The minimum absolute atomic E-state index is 0.197. The molecular weight excluding hydrogens is 529 g/mol. The first kappa shape index (κ1) is 27.4. The predicted molar refractivity (Wildman–Crippen MR) is 154 cm³/mol. The fourth-order valence-corrected chi connectivity index (χ4v) is 6.03. The minimum Gasteiger partial charge on any atom is -0.497 e. The maximum Gasteiger partial charge on any atom is 0.416 e. The van der Waals surface area contributed by atoms with Crippen LogP contribution in [0.25, 0.3) is 10.9 Å². The monoisotopic (exact) mass is 562 g/mol. The number of fused-ring (bicyclic) bond motifs is 3. The molecule has 0 amide bonds. The molecule has 6 rings (SSSR count). The first-order valence-electron chi connectivity index (χ1n) is 13.8. The lowest BCUT2D eigenvalue weighted by Gasteiger charge is -2.34. The number of pyridine rings is 1. The molecule has 3 aromatic carbocycles. The molecule has 0 spiro atoms. The molecule has 1 N–H and O–H groups in total. The number of aromatic nitrogens is 1. The SMILES string of the molecule is COc1ccc(CN2C[C@@H]3C[C@H]2CN3CCOc2cc(Nc3cc(C)nc4ccccc34)cc(C(F)(F)F)c2)cc1. The quantitative estimate of drug-likeness (QED) is 0.247. The molecular formula is C32H33F3N4O2. The maximum atomic E-state index is 13.8. The topological polar surface area (TPSA) is 49.9 Å². The lowest BCUT2D eigenvalue weighted by Crippen LogP contribution is -2.47. The van der Waals surface area contributed by atoms with Gasteiger partial charge in [0.2, 0.25) is 0 Å². The van der Waals surface area contributed by atoms with Gasteiger partial charge in [-0.2, -0.15) is 13.2 Å². The van der Waals surface area contributed by atoms with Gasteiger partial charge in [0.05, 0.1) is 18.2 Å². The number of methoxy groups -OCH3 is 1. The van der Waals surface area contributed by atoms with Gasteiger partial charge in [-0.15, -0.1) is 0 Å². The molecule has 214 valence electrons. The fourth-order valence-electron chi connectivity index (χ4n) is 6.03. The number of anilines is 2. The lowest BCUT2D eigenvalue weighted by molar-refractivity contribution is -0.137. The van der Waals surface area contributed by atoms with Gasteiger partial charge in [-0.05, 0) is 55.3 Å². The summed E-state index contributed by atoms with van der Waals surface area (Å²) >= 11 is 0. The van der Waals surface area contributed by atoms with Crippen LogP contribution in [0, 0.1) is 6.92 Å². The van der Waals surface area contributed by atoms with Crippen LogP contribution < -0.4 is 14.8 Å². The van der Waals surface area contributed by atoms with Gasteiger partial charge in [0, 0.05) is 66.8 Å². The van der Waals surface area contributed by atoms with Crippen LogP contribution in [0.15, 0.2) is 72.8 Å². The van der Waals surface area contributed by atoms with E-state index in [1.165, 1.54) is 5.56 Å². The number of ether oxygens (including phenoxy) is 2. The van der Waals surface area contributed by atoms with Crippen molar-refractivity contribution in [2.24, 2.45) is 0 Å². The number of nitrogens with zero attached hydrogens (tertiary/aromatic N) is 3. The van der Waals surface area contributed by atoms with E-state index in [0.29, 0.717) is 36.6 Å². The molecule has 3 heterocycles. The van der Waals surface area contributed by atoms with Gasteiger partial charge >= 0.3 is 6.18 Å². The van der Waals surface area contributed by atoms with Gasteiger partial charge in [-0.1, -0.05) is 30.3 Å². The van der Waals surface area contributed by atoms with Gasteiger partial charge in [0.1, 0.15) is 18.1 Å². The second-order valence-corrected chi connectivity index (χ2v) is 10.9. The van der Waals surface area contributed by atoms with E-state index >= 15 is 0 Å². The molecule has 2 saturated heterocycles. The summed E-state index contributed by atoms with van der Waals surface area (Å²) < 4.78 is 52.6. The third kappa shape index (κ3) is 6.11. The highest BCUT2D eigenvalue weighted by atomic mass is 19.4. The normalized spacial score (nSPS) is 19.1. The Morgan fingerprint density at radius 1 is 0.927 bits per heavy atom. The van der Waals surface area contributed by atoms with Crippen LogP contribution >= 0.6 is 0 Å². The summed E-state index contributed by atoms with van der Waals surface area (Å²) in [7, 11) is 1.67. The predicted octanol–water partition coefficient (Wildman–Crippen LogP) is 6.65. The Morgan fingerprint density at radius 2 is 1.68 bits per heavy atom.